The van der Waals surface area contributed by atoms with E-state index in [0.717, 1.165) is 11.3 Å². The van der Waals surface area contributed by atoms with Crippen LogP contribution in [0.25, 0.3) is 0 Å². The Morgan fingerprint density at radius 3 is 2.80 bits per heavy atom. The number of carbonyl (C=O) groups is 1. The number of nitrogens with two attached hydrogens (primary N) is 1. The SMILES string of the molecule is CN1C(=O)Cc2cccc(Oc3ccc(N)cc3Cl)c21. The average Bonchev–Trinajstić information content (AvgIpc) is 2.69. The number of likely N-dealkylation sites (N-methyl/N-ethyl adjacent to an activating group) is 1. The average molecular weight is 289 g/mol. The fourth-order valence-electron chi connectivity index (χ4n) is 2.30. The van der Waals surface area contributed by atoms with Crippen LogP contribution < -0.4 is 15.4 Å². The first-order valence-corrected chi connectivity index (χ1v) is 6.55. The first-order chi connectivity index (χ1) is 9.56. The number of ether oxygens (including phenoxy) is 1. The van der Waals surface area contributed by atoms with E-state index >= 15 is 0 Å². The number of fused-ring (bicyclic) bond motifs is 1. The zero-order valence-corrected chi connectivity index (χ0v) is 11.6. The van der Waals surface area contributed by atoms with Crippen molar-refractivity contribution in [2.24, 2.45) is 0 Å². The summed E-state index contributed by atoms with van der Waals surface area (Å²) in [5.74, 6) is 1.18. The summed E-state index contributed by atoms with van der Waals surface area (Å²) in [6.45, 7) is 0. The van der Waals surface area contributed by atoms with Crippen molar-refractivity contribution in [1.82, 2.24) is 0 Å². The summed E-state index contributed by atoms with van der Waals surface area (Å²) in [5, 5.41) is 0.439. The van der Waals surface area contributed by atoms with E-state index in [1.807, 2.05) is 18.2 Å². The Kier molecular flexibility index (Phi) is 3.03. The lowest BCUT2D eigenvalue weighted by atomic mass is 10.1. The fraction of sp³-hybridized carbons (Fsp3) is 0.133. The van der Waals surface area contributed by atoms with Crippen molar-refractivity contribution in [3.8, 4) is 11.5 Å². The molecule has 5 heteroatoms. The van der Waals surface area contributed by atoms with E-state index in [1.54, 1.807) is 30.1 Å². The minimum absolute atomic E-state index is 0.0550. The molecule has 2 N–H and O–H groups in total. The van der Waals surface area contributed by atoms with Gasteiger partial charge in [0.15, 0.2) is 5.75 Å². The van der Waals surface area contributed by atoms with E-state index in [0.29, 0.717) is 28.6 Å². The Morgan fingerprint density at radius 2 is 2.05 bits per heavy atom. The van der Waals surface area contributed by atoms with Gasteiger partial charge in [-0.3, -0.25) is 4.79 Å². The molecule has 4 nitrogen and oxygen atoms in total. The summed E-state index contributed by atoms with van der Waals surface area (Å²) in [6, 6.07) is 10.7. The van der Waals surface area contributed by atoms with Gasteiger partial charge in [-0.1, -0.05) is 23.7 Å². The molecule has 0 saturated heterocycles. The van der Waals surface area contributed by atoms with Crippen LogP contribution in [0, 0.1) is 0 Å². The number of para-hydroxylation sites is 1. The molecule has 0 unspecified atom stereocenters. The molecule has 102 valence electrons. The van der Waals surface area contributed by atoms with Gasteiger partial charge in [0.1, 0.15) is 5.75 Å². The summed E-state index contributed by atoms with van der Waals surface area (Å²) in [5.41, 5.74) is 7.99. The molecule has 1 aliphatic rings. The van der Waals surface area contributed by atoms with Crippen molar-refractivity contribution in [1.29, 1.82) is 0 Å². The summed E-state index contributed by atoms with van der Waals surface area (Å²) in [4.78, 5) is 13.4. The Hall–Kier alpha value is -2.20. The van der Waals surface area contributed by atoms with E-state index in [2.05, 4.69) is 0 Å². The second-order valence-electron chi connectivity index (χ2n) is 4.69. The Labute approximate surface area is 121 Å². The normalized spacial score (nSPS) is 13.5. The highest BCUT2D eigenvalue weighted by atomic mass is 35.5. The maximum absolute atomic E-state index is 11.8. The molecule has 2 aromatic rings. The van der Waals surface area contributed by atoms with Gasteiger partial charge in [-0.15, -0.1) is 0 Å². The molecule has 1 amide bonds. The van der Waals surface area contributed by atoms with E-state index in [9.17, 15) is 4.79 Å². The molecule has 1 aliphatic heterocycles. The number of amides is 1. The zero-order chi connectivity index (χ0) is 14.3. The first kappa shape index (κ1) is 12.8. The van der Waals surface area contributed by atoms with Crippen LogP contribution >= 0.6 is 11.6 Å². The van der Waals surface area contributed by atoms with Gasteiger partial charge in [-0.05, 0) is 29.8 Å². The van der Waals surface area contributed by atoms with Crippen molar-refractivity contribution in [2.45, 2.75) is 6.42 Å². The zero-order valence-electron chi connectivity index (χ0n) is 10.9. The molecule has 0 fully saturated rings. The molecule has 1 heterocycles. The third-order valence-corrected chi connectivity index (χ3v) is 3.60. The largest absolute Gasteiger partial charge is 0.454 e. The second-order valence-corrected chi connectivity index (χ2v) is 5.09. The van der Waals surface area contributed by atoms with E-state index in [4.69, 9.17) is 22.1 Å². The fourth-order valence-corrected chi connectivity index (χ4v) is 2.53. The van der Waals surface area contributed by atoms with Gasteiger partial charge in [0, 0.05) is 12.7 Å². The molecule has 0 aromatic heterocycles. The predicted molar refractivity (Wildman–Crippen MR) is 79.5 cm³/mol. The molecular formula is C15H13ClN2O2. The number of benzene rings is 2. The molecule has 0 aliphatic carbocycles. The molecule has 0 saturated carbocycles. The minimum Gasteiger partial charge on any atom is -0.454 e. The second kappa shape index (κ2) is 4.72. The maximum atomic E-state index is 11.8. The number of nitrogens with zero attached hydrogens (tertiary/aromatic N) is 1. The molecule has 20 heavy (non-hydrogen) atoms. The molecule has 0 spiro atoms. The van der Waals surface area contributed by atoms with Gasteiger partial charge in [-0.2, -0.15) is 0 Å². The van der Waals surface area contributed by atoms with Gasteiger partial charge in [0.2, 0.25) is 5.91 Å². The first-order valence-electron chi connectivity index (χ1n) is 6.17. The van der Waals surface area contributed by atoms with Gasteiger partial charge in [-0.25, -0.2) is 0 Å². The number of halogens is 1. The number of hydrogen-bond acceptors (Lipinski definition) is 3. The van der Waals surface area contributed by atoms with Crippen molar-refractivity contribution in [2.75, 3.05) is 17.7 Å². The number of hydrogen-bond donors (Lipinski definition) is 1. The Morgan fingerprint density at radius 1 is 1.25 bits per heavy atom. The highest BCUT2D eigenvalue weighted by Crippen LogP contribution is 2.40. The number of nitrogen functional groups attached to an aromatic ring is 1. The molecular weight excluding hydrogens is 276 g/mol. The quantitative estimate of drug-likeness (QED) is 0.863. The number of rotatable bonds is 2. The smallest absolute Gasteiger partial charge is 0.231 e. The topological polar surface area (TPSA) is 55.6 Å². The molecule has 0 radical (unpaired) electrons. The van der Waals surface area contributed by atoms with Gasteiger partial charge in [0.25, 0.3) is 0 Å². The van der Waals surface area contributed by atoms with Crippen LogP contribution in [0.15, 0.2) is 36.4 Å². The van der Waals surface area contributed by atoms with Crippen molar-refractivity contribution in [3.63, 3.8) is 0 Å². The van der Waals surface area contributed by atoms with Gasteiger partial charge in [0.05, 0.1) is 17.1 Å². The van der Waals surface area contributed by atoms with E-state index in [1.165, 1.54) is 0 Å². The summed E-state index contributed by atoms with van der Waals surface area (Å²) in [7, 11) is 1.74. The predicted octanol–water partition coefficient (Wildman–Crippen LogP) is 3.23. The lowest BCUT2D eigenvalue weighted by molar-refractivity contribution is -0.117. The lowest BCUT2D eigenvalue weighted by Crippen LogP contribution is -2.21. The van der Waals surface area contributed by atoms with Crippen LogP contribution in [0.5, 0.6) is 11.5 Å². The van der Waals surface area contributed by atoms with Gasteiger partial charge < -0.3 is 15.4 Å². The summed E-state index contributed by atoms with van der Waals surface area (Å²) < 4.78 is 5.84. The highest BCUT2D eigenvalue weighted by Gasteiger charge is 2.27. The van der Waals surface area contributed by atoms with Crippen LogP contribution in [-0.2, 0) is 11.2 Å². The van der Waals surface area contributed by atoms with Crippen LogP contribution in [-0.4, -0.2) is 13.0 Å². The Balaban J connectivity index is 2.01. The van der Waals surface area contributed by atoms with Crippen LogP contribution in [0.4, 0.5) is 11.4 Å². The highest BCUT2D eigenvalue weighted by molar-refractivity contribution is 6.32. The molecule has 0 bridgehead atoms. The lowest BCUT2D eigenvalue weighted by Gasteiger charge is -2.16. The summed E-state index contributed by atoms with van der Waals surface area (Å²) >= 11 is 6.11. The molecule has 3 rings (SSSR count). The monoisotopic (exact) mass is 288 g/mol. The minimum atomic E-state index is 0.0550. The van der Waals surface area contributed by atoms with Crippen molar-refractivity contribution >= 4 is 28.9 Å². The number of anilines is 2. The van der Waals surface area contributed by atoms with Crippen LogP contribution in [0.2, 0.25) is 5.02 Å². The van der Waals surface area contributed by atoms with Crippen LogP contribution in [0.1, 0.15) is 5.56 Å². The van der Waals surface area contributed by atoms with Crippen molar-refractivity contribution in [3.05, 3.63) is 47.0 Å². The summed E-state index contributed by atoms with van der Waals surface area (Å²) in [6.07, 6.45) is 0.401. The van der Waals surface area contributed by atoms with Crippen LogP contribution in [0.3, 0.4) is 0 Å². The number of carbonyl (C=O) groups excluding carboxylic acids is 1. The Bertz CT molecular complexity index is 700. The third kappa shape index (κ3) is 2.08. The van der Waals surface area contributed by atoms with Crippen molar-refractivity contribution < 1.29 is 9.53 Å². The van der Waals surface area contributed by atoms with E-state index < -0.39 is 0 Å². The third-order valence-electron chi connectivity index (χ3n) is 3.31. The van der Waals surface area contributed by atoms with E-state index in [-0.39, 0.29) is 5.91 Å². The molecule has 2 aromatic carbocycles. The maximum Gasteiger partial charge on any atom is 0.231 e. The standard InChI is InChI=1S/C15H13ClN2O2/c1-18-14(19)7-9-3-2-4-13(15(9)18)20-12-6-5-10(17)8-11(12)16/h2-6,8H,7,17H2,1H3. The molecule has 0 atom stereocenters. The van der Waals surface area contributed by atoms with Gasteiger partial charge >= 0.3 is 0 Å².